The van der Waals surface area contributed by atoms with Crippen molar-refractivity contribution in [2.45, 2.75) is 24.8 Å². The number of rotatable bonds is 4. The number of hydrogen-bond acceptors (Lipinski definition) is 3. The quantitative estimate of drug-likeness (QED) is 0.672. The largest absolute Gasteiger partial charge is 0.394 e. The number of H-pyrrole nitrogens is 2. The zero-order valence-corrected chi connectivity index (χ0v) is 14.4. The van der Waals surface area contributed by atoms with Crippen LogP contribution in [0.5, 0.6) is 0 Å². The number of aromatic amines is 2. The Morgan fingerprint density at radius 3 is 2.65 bits per heavy atom. The topological polar surface area (TPSA) is 89.2 Å². The molecule has 1 aliphatic heterocycles. The minimum atomic E-state index is -0.584. The Kier molecular flexibility index (Phi) is 4.12. The van der Waals surface area contributed by atoms with E-state index in [9.17, 15) is 14.7 Å². The fourth-order valence-corrected chi connectivity index (χ4v) is 3.96. The Morgan fingerprint density at radius 1 is 1.12 bits per heavy atom. The van der Waals surface area contributed by atoms with Crippen LogP contribution in [0.25, 0.3) is 11.0 Å². The highest BCUT2D eigenvalue weighted by molar-refractivity contribution is 5.98. The summed E-state index contributed by atoms with van der Waals surface area (Å²) in [5, 5.41) is 10.2. The van der Waals surface area contributed by atoms with Gasteiger partial charge in [-0.25, -0.2) is 4.79 Å². The molecule has 1 aromatic heterocycles. The number of nitrogens with one attached hydrogen (secondary N) is 2. The number of amides is 1. The molecule has 26 heavy (non-hydrogen) atoms. The molecule has 6 nitrogen and oxygen atoms in total. The monoisotopic (exact) mass is 351 g/mol. The molecular formula is C20H21N3O3. The SMILES string of the molecule is O=C(c1ccc2[nH]c(=O)[nH]c2c1)N1CCCC1(CO)Cc1ccccc1. The minimum absolute atomic E-state index is 0.0726. The Bertz CT molecular complexity index is 992. The maximum absolute atomic E-state index is 13.2. The average molecular weight is 351 g/mol. The molecule has 1 saturated heterocycles. The molecule has 1 fully saturated rings. The van der Waals surface area contributed by atoms with Crippen molar-refractivity contribution >= 4 is 16.9 Å². The number of aromatic nitrogens is 2. The highest BCUT2D eigenvalue weighted by atomic mass is 16.3. The van der Waals surface area contributed by atoms with Crippen molar-refractivity contribution in [2.75, 3.05) is 13.2 Å². The van der Waals surface area contributed by atoms with Crippen molar-refractivity contribution in [1.29, 1.82) is 0 Å². The summed E-state index contributed by atoms with van der Waals surface area (Å²) in [7, 11) is 0. The second kappa shape index (κ2) is 6.46. The smallest absolute Gasteiger partial charge is 0.323 e. The zero-order chi connectivity index (χ0) is 18.1. The molecule has 0 saturated carbocycles. The summed E-state index contributed by atoms with van der Waals surface area (Å²) in [4.78, 5) is 31.8. The van der Waals surface area contributed by atoms with Gasteiger partial charge in [0.1, 0.15) is 0 Å². The number of aliphatic hydroxyl groups is 1. The van der Waals surface area contributed by atoms with Crippen LogP contribution in [-0.4, -0.2) is 44.6 Å². The van der Waals surface area contributed by atoms with Crippen molar-refractivity contribution in [3.63, 3.8) is 0 Å². The van der Waals surface area contributed by atoms with E-state index in [1.807, 2.05) is 30.3 Å². The summed E-state index contributed by atoms with van der Waals surface area (Å²) < 4.78 is 0. The molecule has 4 rings (SSSR count). The van der Waals surface area contributed by atoms with Gasteiger partial charge in [0.25, 0.3) is 5.91 Å². The molecule has 134 valence electrons. The number of fused-ring (bicyclic) bond motifs is 1. The Labute approximate surface area is 150 Å². The fourth-order valence-electron chi connectivity index (χ4n) is 3.96. The first-order valence-corrected chi connectivity index (χ1v) is 8.80. The molecule has 3 aromatic rings. The lowest BCUT2D eigenvalue weighted by Gasteiger charge is -2.37. The van der Waals surface area contributed by atoms with Gasteiger partial charge in [0, 0.05) is 12.1 Å². The Balaban J connectivity index is 1.67. The summed E-state index contributed by atoms with van der Waals surface area (Å²) in [6.45, 7) is 0.546. The highest BCUT2D eigenvalue weighted by Crippen LogP contribution is 2.34. The predicted octanol–water partition coefficient (Wildman–Crippen LogP) is 2.07. The van der Waals surface area contributed by atoms with E-state index in [0.717, 1.165) is 18.4 Å². The minimum Gasteiger partial charge on any atom is -0.394 e. The number of hydrogen-bond donors (Lipinski definition) is 3. The molecule has 6 heteroatoms. The van der Waals surface area contributed by atoms with E-state index in [2.05, 4.69) is 9.97 Å². The zero-order valence-electron chi connectivity index (χ0n) is 14.4. The van der Waals surface area contributed by atoms with Crippen molar-refractivity contribution in [3.8, 4) is 0 Å². The molecule has 0 bridgehead atoms. The number of carbonyl (C=O) groups is 1. The van der Waals surface area contributed by atoms with Crippen LogP contribution in [0.15, 0.2) is 53.3 Å². The normalized spacial score (nSPS) is 20.0. The highest BCUT2D eigenvalue weighted by Gasteiger charge is 2.43. The van der Waals surface area contributed by atoms with Gasteiger partial charge >= 0.3 is 5.69 Å². The van der Waals surface area contributed by atoms with Crippen LogP contribution in [0.1, 0.15) is 28.8 Å². The van der Waals surface area contributed by atoms with Crippen LogP contribution < -0.4 is 5.69 Å². The molecular weight excluding hydrogens is 330 g/mol. The lowest BCUT2D eigenvalue weighted by atomic mass is 9.88. The predicted molar refractivity (Wildman–Crippen MR) is 99.2 cm³/mol. The van der Waals surface area contributed by atoms with Gasteiger partial charge in [-0.2, -0.15) is 0 Å². The van der Waals surface area contributed by atoms with E-state index in [1.54, 1.807) is 23.1 Å². The summed E-state index contributed by atoms with van der Waals surface area (Å²) >= 11 is 0. The van der Waals surface area contributed by atoms with Crippen molar-refractivity contribution in [3.05, 3.63) is 70.1 Å². The number of benzene rings is 2. The summed E-state index contributed by atoms with van der Waals surface area (Å²) in [5.41, 5.74) is 2.02. The van der Waals surface area contributed by atoms with Crippen LogP contribution in [0.3, 0.4) is 0 Å². The summed E-state index contributed by atoms with van der Waals surface area (Å²) in [5.74, 6) is -0.114. The average Bonchev–Trinajstić information content (AvgIpc) is 3.24. The first-order chi connectivity index (χ1) is 12.6. The van der Waals surface area contributed by atoms with Gasteiger partial charge in [-0.15, -0.1) is 0 Å². The molecule has 1 amide bonds. The lowest BCUT2D eigenvalue weighted by molar-refractivity contribution is 0.0412. The first kappa shape index (κ1) is 16.6. The number of likely N-dealkylation sites (tertiary alicyclic amines) is 1. The maximum Gasteiger partial charge on any atom is 0.323 e. The van der Waals surface area contributed by atoms with Gasteiger partial charge in [0.2, 0.25) is 0 Å². The van der Waals surface area contributed by atoms with Crippen LogP contribution in [0, 0.1) is 0 Å². The van der Waals surface area contributed by atoms with E-state index in [4.69, 9.17) is 0 Å². The first-order valence-electron chi connectivity index (χ1n) is 8.80. The second-order valence-electron chi connectivity index (χ2n) is 6.94. The number of carbonyl (C=O) groups excluding carboxylic acids is 1. The molecule has 2 heterocycles. The van der Waals surface area contributed by atoms with Crippen LogP contribution in [0.4, 0.5) is 0 Å². The molecule has 3 N–H and O–H groups in total. The van der Waals surface area contributed by atoms with Crippen LogP contribution in [0.2, 0.25) is 0 Å². The van der Waals surface area contributed by atoms with Gasteiger partial charge in [0.15, 0.2) is 0 Å². The van der Waals surface area contributed by atoms with Crippen LogP contribution in [-0.2, 0) is 6.42 Å². The molecule has 1 atom stereocenters. The molecule has 0 radical (unpaired) electrons. The third-order valence-electron chi connectivity index (χ3n) is 5.27. The Hall–Kier alpha value is -2.86. The molecule has 0 spiro atoms. The fraction of sp³-hybridized carbons (Fsp3) is 0.300. The molecule has 2 aromatic carbocycles. The molecule has 0 aliphatic carbocycles. The van der Waals surface area contributed by atoms with E-state index in [-0.39, 0.29) is 18.2 Å². The third-order valence-corrected chi connectivity index (χ3v) is 5.27. The van der Waals surface area contributed by atoms with Crippen molar-refractivity contribution in [2.24, 2.45) is 0 Å². The number of nitrogens with zero attached hydrogens (tertiary/aromatic N) is 1. The van der Waals surface area contributed by atoms with E-state index in [0.29, 0.717) is 29.6 Å². The van der Waals surface area contributed by atoms with Crippen molar-refractivity contribution in [1.82, 2.24) is 14.9 Å². The van der Waals surface area contributed by atoms with Gasteiger partial charge in [-0.3, -0.25) is 4.79 Å². The molecule has 1 unspecified atom stereocenters. The number of aliphatic hydroxyl groups excluding tert-OH is 1. The van der Waals surface area contributed by atoms with Crippen molar-refractivity contribution < 1.29 is 9.90 Å². The van der Waals surface area contributed by atoms with Gasteiger partial charge < -0.3 is 20.0 Å². The van der Waals surface area contributed by atoms with E-state index in [1.165, 1.54) is 0 Å². The Morgan fingerprint density at radius 2 is 1.88 bits per heavy atom. The van der Waals surface area contributed by atoms with Gasteiger partial charge in [0.05, 0.1) is 23.2 Å². The third kappa shape index (κ3) is 2.82. The summed E-state index contributed by atoms with van der Waals surface area (Å²) in [6.07, 6.45) is 2.26. The maximum atomic E-state index is 13.2. The van der Waals surface area contributed by atoms with Crippen LogP contribution >= 0.6 is 0 Å². The lowest BCUT2D eigenvalue weighted by Crippen LogP contribution is -2.51. The number of imidazole rings is 1. The second-order valence-corrected chi connectivity index (χ2v) is 6.94. The van der Waals surface area contributed by atoms with E-state index < -0.39 is 5.54 Å². The standard InChI is InChI=1S/C20H21N3O3/c24-13-20(12-14-5-2-1-3-6-14)9-4-10-23(20)18(25)15-7-8-16-17(11-15)22-19(26)21-16/h1-3,5-8,11,24H,4,9-10,12-13H2,(H2,21,22,26). The van der Waals surface area contributed by atoms with Gasteiger partial charge in [-0.1, -0.05) is 30.3 Å². The molecule has 1 aliphatic rings. The van der Waals surface area contributed by atoms with Gasteiger partial charge in [-0.05, 0) is 43.0 Å². The van der Waals surface area contributed by atoms with E-state index >= 15 is 0 Å². The summed E-state index contributed by atoms with van der Waals surface area (Å²) in [6, 6.07) is 15.1.